The van der Waals surface area contributed by atoms with E-state index in [2.05, 4.69) is 58.7 Å². The third-order valence-corrected chi connectivity index (χ3v) is 14.9. The van der Waals surface area contributed by atoms with Gasteiger partial charge in [-0.15, -0.1) is 0 Å². The summed E-state index contributed by atoms with van der Waals surface area (Å²) >= 11 is 0. The molecule has 0 rings (SSSR count). The van der Waals surface area contributed by atoms with Crippen molar-refractivity contribution in [3.63, 3.8) is 0 Å². The highest BCUT2D eigenvalue weighted by atomic mass is 16.7. The number of unbranched alkanes of at least 4 members (excludes halogenated alkanes) is 21. The second-order valence-corrected chi connectivity index (χ2v) is 21.7. The highest BCUT2D eigenvalue weighted by Crippen LogP contribution is 2.35. The molecule has 15 heteroatoms. The van der Waals surface area contributed by atoms with E-state index in [-0.39, 0.29) is 31.2 Å². The Morgan fingerprint density at radius 1 is 0.358 bits per heavy atom. The molecule has 0 amide bonds. The molecule has 0 aliphatic heterocycles. The normalized spacial score (nSPS) is 14.1. The second-order valence-electron chi connectivity index (χ2n) is 21.7. The van der Waals surface area contributed by atoms with Crippen molar-refractivity contribution in [3.05, 3.63) is 75.0 Å². The van der Waals surface area contributed by atoms with Crippen LogP contribution in [-0.4, -0.2) is 70.0 Å². The monoisotopic (exact) mass is 1140 g/mol. The molecule has 0 spiro atoms. The van der Waals surface area contributed by atoms with Crippen molar-refractivity contribution < 1.29 is 72.5 Å². The Bertz CT molecular complexity index is 1670. The highest BCUT2D eigenvalue weighted by Gasteiger charge is 2.35. The SMILES string of the molecule is C=COC(=O)OC(C/C=C\CCCCCC[C@H](CC(C[C@@H](CCCCCC/C=C\CC(CCCCCC)OC(=O)OC=C)C(=O)O)[C@@H](CCCCCC/C=C\CC(CCCCCC)OC(=O)OC=C)C(=O)O)C(=O)O)CCCCCC. The molecule has 464 valence electrons. The minimum Gasteiger partial charge on any atom is -0.481 e. The van der Waals surface area contributed by atoms with Gasteiger partial charge in [0.2, 0.25) is 0 Å². The Balaban J connectivity index is 5.73. The Hall–Kier alpha value is -5.34. The number of carbonyl (C=O) groups excluding carboxylic acids is 3. The number of carboxylic acids is 3. The van der Waals surface area contributed by atoms with Gasteiger partial charge in [-0.1, -0.05) is 193 Å². The van der Waals surface area contributed by atoms with Gasteiger partial charge in [0.05, 0.1) is 36.5 Å². The van der Waals surface area contributed by atoms with E-state index in [0.717, 1.165) is 192 Å². The van der Waals surface area contributed by atoms with Crippen molar-refractivity contribution >= 4 is 36.4 Å². The molecule has 15 nitrogen and oxygen atoms in total. The molecular formula is C66H110O15. The molecule has 0 aromatic carbocycles. The Kier molecular flexibility index (Phi) is 50.4. The molecule has 6 atom stereocenters. The van der Waals surface area contributed by atoms with Crippen molar-refractivity contribution in [2.45, 2.75) is 283 Å². The maximum absolute atomic E-state index is 13.1. The molecule has 3 N–H and O–H groups in total. The standard InChI is InChI=1S/C66H110O15/c1-7-13-16-36-45-57(79-64(73)76-10-4)48-39-30-24-19-22-28-34-43-54(61(67)68)52-56(60(63(71)72)51-42-33-27-21-26-32-41-50-59(47-38-18-15-9-3)81-66(75)78-12-6)53-55(62(69)70)44-35-29-23-20-25-31-40-49-58(46-37-17-14-8-2)80-65(74)77-11-5/h10-12,30-32,39-41,54-60H,4-9,13-29,33-38,42-53H2,1-3H3,(H,67,68)(H,69,70)(H,71,72)/b39-30-,40-31-,41-32-/t54-,55-,56?,57?,58?,59?,60-/m1/s1. The number of ether oxygens (including phenoxy) is 6. The van der Waals surface area contributed by atoms with Gasteiger partial charge in [0, 0.05) is 19.3 Å². The van der Waals surface area contributed by atoms with Gasteiger partial charge in [0.1, 0.15) is 18.3 Å². The van der Waals surface area contributed by atoms with Crippen molar-refractivity contribution in [1.82, 2.24) is 0 Å². The molecule has 81 heavy (non-hydrogen) atoms. The molecule has 0 radical (unpaired) electrons. The van der Waals surface area contributed by atoms with Gasteiger partial charge >= 0.3 is 36.4 Å². The Labute approximate surface area is 488 Å². The Morgan fingerprint density at radius 2 is 0.642 bits per heavy atom. The maximum Gasteiger partial charge on any atom is 0.513 e. The minimum absolute atomic E-state index is 0.104. The largest absolute Gasteiger partial charge is 0.513 e. The van der Waals surface area contributed by atoms with E-state index in [1.54, 1.807) is 0 Å². The first-order chi connectivity index (χ1) is 39.3. The topological polar surface area (TPSA) is 218 Å². The van der Waals surface area contributed by atoms with E-state index in [1.165, 1.54) is 0 Å². The van der Waals surface area contributed by atoms with E-state index < -0.39 is 60.0 Å². The summed E-state index contributed by atoms with van der Waals surface area (Å²) in [6.45, 7) is 16.7. The number of hydrogen-bond donors (Lipinski definition) is 3. The summed E-state index contributed by atoms with van der Waals surface area (Å²) in [5, 5.41) is 31.7. The summed E-state index contributed by atoms with van der Waals surface area (Å²) in [4.78, 5) is 74.6. The Morgan fingerprint density at radius 3 is 0.926 bits per heavy atom. The first-order valence-electron chi connectivity index (χ1n) is 31.3. The zero-order chi connectivity index (χ0) is 60.0. The van der Waals surface area contributed by atoms with Crippen molar-refractivity contribution in [3.8, 4) is 0 Å². The van der Waals surface area contributed by atoms with E-state index in [4.69, 9.17) is 28.4 Å². The predicted octanol–water partition coefficient (Wildman–Crippen LogP) is 19.3. The lowest BCUT2D eigenvalue weighted by Gasteiger charge is -2.29. The van der Waals surface area contributed by atoms with Gasteiger partial charge in [-0.25, -0.2) is 14.4 Å². The number of rotatable bonds is 56. The van der Waals surface area contributed by atoms with Crippen LogP contribution in [0.15, 0.2) is 75.0 Å². The fraction of sp³-hybridized carbons (Fsp3) is 0.727. The van der Waals surface area contributed by atoms with Crippen LogP contribution in [0.25, 0.3) is 0 Å². The van der Waals surface area contributed by atoms with E-state index in [0.29, 0.717) is 57.8 Å². The van der Waals surface area contributed by atoms with Crippen LogP contribution in [0.5, 0.6) is 0 Å². The molecule has 0 saturated carbocycles. The molecular weight excluding hydrogens is 1030 g/mol. The van der Waals surface area contributed by atoms with Crippen LogP contribution in [0.1, 0.15) is 265 Å². The lowest BCUT2D eigenvalue weighted by atomic mass is 9.75. The zero-order valence-corrected chi connectivity index (χ0v) is 50.5. The van der Waals surface area contributed by atoms with Crippen LogP contribution in [0.3, 0.4) is 0 Å². The summed E-state index contributed by atoms with van der Waals surface area (Å²) in [6, 6.07) is 0. The highest BCUT2D eigenvalue weighted by molar-refractivity contribution is 5.73. The fourth-order valence-electron chi connectivity index (χ4n) is 10.3. The van der Waals surface area contributed by atoms with Crippen LogP contribution in [0.2, 0.25) is 0 Å². The van der Waals surface area contributed by atoms with Gasteiger partial charge in [0.15, 0.2) is 0 Å². The van der Waals surface area contributed by atoms with Crippen LogP contribution in [-0.2, 0) is 42.8 Å². The van der Waals surface area contributed by atoms with Crippen molar-refractivity contribution in [2.24, 2.45) is 23.7 Å². The average molecular weight is 1140 g/mol. The van der Waals surface area contributed by atoms with Gasteiger partial charge in [-0.2, -0.15) is 0 Å². The molecule has 0 fully saturated rings. The molecule has 0 aromatic rings. The van der Waals surface area contributed by atoms with Crippen LogP contribution >= 0.6 is 0 Å². The van der Waals surface area contributed by atoms with Gasteiger partial charge in [0.25, 0.3) is 0 Å². The summed E-state index contributed by atoms with van der Waals surface area (Å²) in [6.07, 6.45) is 42.6. The maximum atomic E-state index is 13.1. The first kappa shape index (κ1) is 75.7. The van der Waals surface area contributed by atoms with E-state index in [9.17, 15) is 44.1 Å². The number of carboxylic acid groups (broad SMARTS) is 3. The molecule has 0 heterocycles. The second kappa shape index (κ2) is 53.9. The third-order valence-electron chi connectivity index (χ3n) is 14.9. The van der Waals surface area contributed by atoms with Crippen LogP contribution in [0, 0.1) is 23.7 Å². The molecule has 3 unspecified atom stereocenters. The van der Waals surface area contributed by atoms with E-state index >= 15 is 0 Å². The average Bonchev–Trinajstić information content (AvgIpc) is 3.43. The lowest BCUT2D eigenvalue weighted by Crippen LogP contribution is -2.31. The van der Waals surface area contributed by atoms with Crippen LogP contribution in [0.4, 0.5) is 14.4 Å². The zero-order valence-electron chi connectivity index (χ0n) is 50.5. The lowest BCUT2D eigenvalue weighted by molar-refractivity contribution is -0.149. The summed E-state index contributed by atoms with van der Waals surface area (Å²) < 4.78 is 30.7. The number of carbonyl (C=O) groups is 6. The molecule has 0 aliphatic rings. The van der Waals surface area contributed by atoms with Gasteiger partial charge < -0.3 is 43.7 Å². The summed E-state index contributed by atoms with van der Waals surface area (Å²) in [5.41, 5.74) is 0. The minimum atomic E-state index is -1.02. The number of aliphatic carboxylic acids is 3. The van der Waals surface area contributed by atoms with Gasteiger partial charge in [-0.05, 0) is 115 Å². The quantitative estimate of drug-likeness (QED) is 0.0170. The fourth-order valence-corrected chi connectivity index (χ4v) is 10.3. The van der Waals surface area contributed by atoms with Crippen LogP contribution < -0.4 is 0 Å². The number of allylic oxidation sites excluding steroid dienone is 3. The third kappa shape index (κ3) is 44.9. The molecule has 0 bridgehead atoms. The van der Waals surface area contributed by atoms with E-state index in [1.807, 2.05) is 18.2 Å². The number of hydrogen-bond acceptors (Lipinski definition) is 12. The molecule has 0 aromatic heterocycles. The summed E-state index contributed by atoms with van der Waals surface area (Å²) in [7, 11) is 0. The first-order valence-corrected chi connectivity index (χ1v) is 31.3. The van der Waals surface area contributed by atoms with Gasteiger partial charge in [-0.3, -0.25) is 14.4 Å². The predicted molar refractivity (Wildman–Crippen MR) is 321 cm³/mol. The summed E-state index contributed by atoms with van der Waals surface area (Å²) in [5.74, 6) is -6.09. The van der Waals surface area contributed by atoms with Crippen molar-refractivity contribution in [2.75, 3.05) is 0 Å². The molecule has 0 saturated heterocycles. The smallest absolute Gasteiger partial charge is 0.481 e. The van der Waals surface area contributed by atoms with Crippen molar-refractivity contribution in [1.29, 1.82) is 0 Å². The molecule has 0 aliphatic carbocycles.